The normalized spacial score (nSPS) is 10.8. The Morgan fingerprint density at radius 3 is 2.70 bits per heavy atom. The Hall–Kier alpha value is -2.35. The van der Waals surface area contributed by atoms with Gasteiger partial charge in [0, 0.05) is 22.2 Å². The van der Waals surface area contributed by atoms with E-state index in [1.807, 2.05) is 17.6 Å². The van der Waals surface area contributed by atoms with Crippen LogP contribution in [0.15, 0.2) is 60.0 Å². The third-order valence-corrected chi connectivity index (χ3v) is 6.38. The maximum atomic E-state index is 12.6. The summed E-state index contributed by atoms with van der Waals surface area (Å²) in [6.45, 7) is 8.30. The molecule has 0 spiro atoms. The summed E-state index contributed by atoms with van der Waals surface area (Å²) < 4.78 is 3.95. The zero-order chi connectivity index (χ0) is 21.7. The Bertz CT molecular complexity index is 1120. The number of carbonyl (C=O) groups excluding carboxylic acids is 1. The van der Waals surface area contributed by atoms with E-state index in [2.05, 4.69) is 48.2 Å². The number of hydrogen-bond acceptors (Lipinski definition) is 4. The summed E-state index contributed by atoms with van der Waals surface area (Å²) in [4.78, 5) is 13.7. The van der Waals surface area contributed by atoms with E-state index in [0.717, 1.165) is 16.3 Å². The van der Waals surface area contributed by atoms with Crippen molar-refractivity contribution in [3.8, 4) is 0 Å². The van der Waals surface area contributed by atoms with Crippen LogP contribution in [-0.2, 0) is 23.6 Å². The molecule has 30 heavy (non-hydrogen) atoms. The topological polar surface area (TPSA) is 51.9 Å². The molecule has 1 aromatic heterocycles. The van der Waals surface area contributed by atoms with E-state index in [0.29, 0.717) is 27.8 Å². The smallest absolute Gasteiger partial charge is 0.246 e. The summed E-state index contributed by atoms with van der Waals surface area (Å²) in [5.41, 5.74) is 2.72. The molecular weight excluding hydrogens is 436 g/mol. The van der Waals surface area contributed by atoms with Gasteiger partial charge in [-0.25, -0.2) is 4.68 Å². The number of anilines is 1. The van der Waals surface area contributed by atoms with E-state index in [4.69, 9.17) is 23.8 Å². The van der Waals surface area contributed by atoms with Crippen LogP contribution in [0.25, 0.3) is 0 Å². The standard InChI is InChI=1S/C22H23ClN4OS2/c1-4-12-26-20(14-30-17-10-8-15(2)9-11-17)25-27(22(26)29)13-21(28)24-19-7-5-6-18(23)16(19)3/h4-11H,1,12-14H2,2-3H3,(H,24,28). The van der Waals surface area contributed by atoms with Crippen LogP contribution in [-0.4, -0.2) is 20.3 Å². The lowest BCUT2D eigenvalue weighted by molar-refractivity contribution is -0.116. The van der Waals surface area contributed by atoms with Crippen molar-refractivity contribution in [2.45, 2.75) is 37.6 Å². The fraction of sp³-hybridized carbons (Fsp3) is 0.227. The average molecular weight is 459 g/mol. The zero-order valence-electron chi connectivity index (χ0n) is 16.9. The molecule has 0 bridgehead atoms. The SMILES string of the molecule is C=CCn1c(CSc2ccc(C)cc2)nn(CC(=O)Nc2cccc(Cl)c2C)c1=S. The van der Waals surface area contributed by atoms with E-state index >= 15 is 0 Å². The molecule has 0 unspecified atom stereocenters. The van der Waals surface area contributed by atoms with E-state index < -0.39 is 0 Å². The van der Waals surface area contributed by atoms with Crippen LogP contribution < -0.4 is 5.32 Å². The average Bonchev–Trinajstić information content (AvgIpc) is 3.00. The molecule has 0 aliphatic carbocycles. The Kier molecular flexibility index (Phi) is 7.53. The van der Waals surface area contributed by atoms with E-state index in [1.165, 1.54) is 5.56 Å². The molecule has 1 amide bonds. The number of rotatable bonds is 8. The van der Waals surface area contributed by atoms with E-state index in [-0.39, 0.29) is 12.5 Å². The summed E-state index contributed by atoms with van der Waals surface area (Å²) in [6, 6.07) is 13.7. The molecule has 0 aliphatic rings. The van der Waals surface area contributed by atoms with Gasteiger partial charge in [-0.15, -0.1) is 18.3 Å². The Morgan fingerprint density at radius 2 is 2.00 bits per heavy atom. The summed E-state index contributed by atoms with van der Waals surface area (Å²) in [7, 11) is 0. The van der Waals surface area contributed by atoms with Gasteiger partial charge < -0.3 is 5.32 Å². The number of thioether (sulfide) groups is 1. The first-order chi connectivity index (χ1) is 14.4. The predicted octanol–water partition coefficient (Wildman–Crippen LogP) is 5.80. The highest BCUT2D eigenvalue weighted by molar-refractivity contribution is 7.98. The number of allylic oxidation sites excluding steroid dienone is 1. The highest BCUT2D eigenvalue weighted by atomic mass is 35.5. The second-order valence-electron chi connectivity index (χ2n) is 6.82. The number of hydrogen-bond donors (Lipinski definition) is 1. The first-order valence-corrected chi connectivity index (χ1v) is 11.2. The molecule has 0 radical (unpaired) electrons. The fourth-order valence-corrected chi connectivity index (χ4v) is 4.16. The molecule has 1 heterocycles. The van der Waals surface area contributed by atoms with Gasteiger partial charge in [0.15, 0.2) is 4.77 Å². The molecule has 2 aromatic carbocycles. The van der Waals surface area contributed by atoms with Crippen molar-refractivity contribution in [1.82, 2.24) is 14.3 Å². The number of amides is 1. The minimum Gasteiger partial charge on any atom is -0.324 e. The third-order valence-electron chi connectivity index (χ3n) is 4.54. The van der Waals surface area contributed by atoms with Crippen LogP contribution in [0.2, 0.25) is 5.02 Å². The highest BCUT2D eigenvalue weighted by Gasteiger charge is 2.14. The van der Waals surface area contributed by atoms with Gasteiger partial charge in [-0.1, -0.05) is 41.4 Å². The minimum absolute atomic E-state index is 0.0249. The molecule has 0 fully saturated rings. The number of carbonyl (C=O) groups is 1. The van der Waals surface area contributed by atoms with Gasteiger partial charge in [0.05, 0.1) is 5.75 Å². The monoisotopic (exact) mass is 458 g/mol. The molecule has 0 saturated heterocycles. The van der Waals surface area contributed by atoms with Crippen LogP contribution in [0.5, 0.6) is 0 Å². The first-order valence-electron chi connectivity index (χ1n) is 9.41. The lowest BCUT2D eigenvalue weighted by atomic mass is 10.2. The number of benzene rings is 2. The quantitative estimate of drug-likeness (QED) is 0.263. The second kappa shape index (κ2) is 10.1. The summed E-state index contributed by atoms with van der Waals surface area (Å²) in [6.07, 6.45) is 1.78. The van der Waals surface area contributed by atoms with Crippen molar-refractivity contribution in [2.75, 3.05) is 5.32 Å². The van der Waals surface area contributed by atoms with Crippen molar-refractivity contribution in [3.63, 3.8) is 0 Å². The molecule has 5 nitrogen and oxygen atoms in total. The molecule has 8 heteroatoms. The maximum absolute atomic E-state index is 12.6. The molecule has 0 aliphatic heterocycles. The molecule has 0 saturated carbocycles. The number of nitrogens with zero attached hydrogens (tertiary/aromatic N) is 3. The van der Waals surface area contributed by atoms with Gasteiger partial charge in [0.1, 0.15) is 12.4 Å². The molecular formula is C22H23ClN4OS2. The zero-order valence-corrected chi connectivity index (χ0v) is 19.3. The number of halogens is 1. The summed E-state index contributed by atoms with van der Waals surface area (Å²) in [5.74, 6) is 1.23. The van der Waals surface area contributed by atoms with Gasteiger partial charge >= 0.3 is 0 Å². The van der Waals surface area contributed by atoms with Gasteiger partial charge in [-0.05, 0) is 55.9 Å². The fourth-order valence-electron chi connectivity index (χ4n) is 2.86. The van der Waals surface area contributed by atoms with Crippen molar-refractivity contribution >= 4 is 47.2 Å². The van der Waals surface area contributed by atoms with Gasteiger partial charge in [0.2, 0.25) is 5.91 Å². The first kappa shape index (κ1) is 22.3. The Morgan fingerprint density at radius 1 is 1.27 bits per heavy atom. The predicted molar refractivity (Wildman–Crippen MR) is 127 cm³/mol. The van der Waals surface area contributed by atoms with E-state index in [1.54, 1.807) is 34.7 Å². The molecule has 156 valence electrons. The van der Waals surface area contributed by atoms with Crippen molar-refractivity contribution < 1.29 is 4.79 Å². The Labute approximate surface area is 190 Å². The summed E-state index contributed by atoms with van der Waals surface area (Å²) >= 11 is 13.4. The maximum Gasteiger partial charge on any atom is 0.246 e. The minimum atomic E-state index is -0.211. The summed E-state index contributed by atoms with van der Waals surface area (Å²) in [5, 5.41) is 8.09. The van der Waals surface area contributed by atoms with Crippen LogP contribution in [0.1, 0.15) is 17.0 Å². The van der Waals surface area contributed by atoms with Crippen LogP contribution in [0, 0.1) is 18.6 Å². The van der Waals surface area contributed by atoms with Gasteiger partial charge in [-0.2, -0.15) is 5.10 Å². The largest absolute Gasteiger partial charge is 0.324 e. The van der Waals surface area contributed by atoms with Crippen LogP contribution in [0.3, 0.4) is 0 Å². The molecule has 3 rings (SSSR count). The number of nitrogens with one attached hydrogen (secondary N) is 1. The van der Waals surface area contributed by atoms with Crippen molar-refractivity contribution in [3.05, 3.63) is 81.9 Å². The third kappa shape index (κ3) is 5.41. The van der Waals surface area contributed by atoms with Crippen molar-refractivity contribution in [1.29, 1.82) is 0 Å². The lowest BCUT2D eigenvalue weighted by Crippen LogP contribution is -2.20. The van der Waals surface area contributed by atoms with Crippen LogP contribution >= 0.6 is 35.6 Å². The van der Waals surface area contributed by atoms with Crippen molar-refractivity contribution in [2.24, 2.45) is 0 Å². The molecule has 0 atom stereocenters. The van der Waals surface area contributed by atoms with Crippen LogP contribution in [0.4, 0.5) is 5.69 Å². The number of aromatic nitrogens is 3. The lowest BCUT2D eigenvalue weighted by Gasteiger charge is -2.09. The molecule has 1 N–H and O–H groups in total. The van der Waals surface area contributed by atoms with Gasteiger partial charge in [-0.3, -0.25) is 9.36 Å². The van der Waals surface area contributed by atoms with Gasteiger partial charge in [0.25, 0.3) is 0 Å². The van der Waals surface area contributed by atoms with E-state index in [9.17, 15) is 4.79 Å². The second-order valence-corrected chi connectivity index (χ2v) is 8.64. The number of aryl methyl sites for hydroxylation is 1. The Balaban J connectivity index is 1.76. The highest BCUT2D eigenvalue weighted by Crippen LogP contribution is 2.24. The molecule has 3 aromatic rings.